The van der Waals surface area contributed by atoms with Crippen molar-refractivity contribution in [3.05, 3.63) is 0 Å². The van der Waals surface area contributed by atoms with Crippen molar-refractivity contribution in [3.8, 4) is 0 Å². The van der Waals surface area contributed by atoms with Gasteiger partial charge >= 0.3 is 0 Å². The van der Waals surface area contributed by atoms with Gasteiger partial charge in [0, 0.05) is 24.8 Å². The minimum Gasteiger partial charge on any atom is -0.345 e. The Morgan fingerprint density at radius 1 is 1.21 bits per heavy atom. The van der Waals surface area contributed by atoms with Crippen LogP contribution in [-0.2, 0) is 4.79 Å². The maximum atomic E-state index is 12.5. The zero-order chi connectivity index (χ0) is 13.6. The number of amides is 1. The summed E-state index contributed by atoms with van der Waals surface area (Å²) in [6.45, 7) is 2.93. The quantitative estimate of drug-likeness (QED) is 0.718. The molecule has 4 aliphatic carbocycles. The van der Waals surface area contributed by atoms with Crippen LogP contribution in [0.4, 0.5) is 0 Å². The molecule has 1 unspecified atom stereocenters. The summed E-state index contributed by atoms with van der Waals surface area (Å²) >= 11 is 3.54. The van der Waals surface area contributed by atoms with E-state index in [2.05, 4.69) is 22.9 Å². The molecule has 0 aromatic heterocycles. The number of alkyl halides is 1. The third-order valence-corrected chi connectivity index (χ3v) is 5.93. The summed E-state index contributed by atoms with van der Waals surface area (Å²) < 4.78 is 0. The van der Waals surface area contributed by atoms with E-state index in [1.54, 1.807) is 0 Å². The molecule has 0 aromatic carbocycles. The van der Waals surface area contributed by atoms with Crippen molar-refractivity contribution in [2.75, 3.05) is 13.6 Å². The van der Waals surface area contributed by atoms with Crippen LogP contribution in [0.25, 0.3) is 0 Å². The standard InChI is InChI=1S/C16H26BrNO/c1-11(17)10-18(2)15(19)9-16-6-12-3-13(7-16)5-14(4-12)8-16/h11-14H,3-10H2,1-2H3. The fourth-order valence-corrected chi connectivity index (χ4v) is 5.88. The van der Waals surface area contributed by atoms with E-state index in [9.17, 15) is 4.79 Å². The van der Waals surface area contributed by atoms with Gasteiger partial charge in [-0.05, 0) is 61.7 Å². The van der Waals surface area contributed by atoms with E-state index in [4.69, 9.17) is 0 Å². The van der Waals surface area contributed by atoms with Gasteiger partial charge in [-0.1, -0.05) is 22.9 Å². The lowest BCUT2D eigenvalue weighted by Gasteiger charge is -2.56. The second-order valence-electron chi connectivity index (χ2n) is 7.65. The van der Waals surface area contributed by atoms with Crippen LogP contribution in [0.15, 0.2) is 0 Å². The summed E-state index contributed by atoms with van der Waals surface area (Å²) in [6.07, 6.45) is 9.20. The van der Waals surface area contributed by atoms with Gasteiger partial charge in [-0.3, -0.25) is 4.79 Å². The Bertz CT molecular complexity index is 330. The Morgan fingerprint density at radius 2 is 1.68 bits per heavy atom. The molecule has 0 N–H and O–H groups in total. The Morgan fingerprint density at radius 3 is 2.11 bits per heavy atom. The van der Waals surface area contributed by atoms with Crippen molar-refractivity contribution in [3.63, 3.8) is 0 Å². The highest BCUT2D eigenvalue weighted by Crippen LogP contribution is 2.61. The fourth-order valence-electron chi connectivity index (χ4n) is 5.44. The Kier molecular flexibility index (Phi) is 3.70. The average Bonchev–Trinajstić information content (AvgIpc) is 2.24. The molecule has 4 aliphatic rings. The molecule has 0 heterocycles. The summed E-state index contributed by atoms with van der Waals surface area (Å²) in [6, 6.07) is 0. The summed E-state index contributed by atoms with van der Waals surface area (Å²) in [4.78, 5) is 14.8. The molecule has 0 aromatic rings. The molecule has 4 rings (SSSR count). The van der Waals surface area contributed by atoms with Crippen LogP contribution in [0.2, 0.25) is 0 Å². The average molecular weight is 328 g/mol. The Labute approximate surface area is 125 Å². The first-order chi connectivity index (χ1) is 8.96. The largest absolute Gasteiger partial charge is 0.345 e. The molecule has 0 saturated heterocycles. The molecule has 4 fully saturated rings. The normalized spacial score (nSPS) is 41.3. The van der Waals surface area contributed by atoms with Gasteiger partial charge in [0.1, 0.15) is 0 Å². The molecule has 0 aliphatic heterocycles. The van der Waals surface area contributed by atoms with Crippen LogP contribution in [0.3, 0.4) is 0 Å². The van der Waals surface area contributed by atoms with Crippen LogP contribution in [0, 0.1) is 23.2 Å². The highest BCUT2D eigenvalue weighted by atomic mass is 79.9. The number of hydrogen-bond donors (Lipinski definition) is 0. The monoisotopic (exact) mass is 327 g/mol. The van der Waals surface area contributed by atoms with Gasteiger partial charge in [-0.25, -0.2) is 0 Å². The molecule has 2 nitrogen and oxygen atoms in total. The highest BCUT2D eigenvalue weighted by Gasteiger charge is 2.51. The zero-order valence-electron chi connectivity index (χ0n) is 12.2. The number of carbonyl (C=O) groups excluding carboxylic acids is 1. The molecule has 4 saturated carbocycles. The number of halogens is 1. The van der Waals surface area contributed by atoms with Gasteiger partial charge in [0.05, 0.1) is 0 Å². The van der Waals surface area contributed by atoms with Crippen LogP contribution in [-0.4, -0.2) is 29.2 Å². The molecule has 19 heavy (non-hydrogen) atoms. The van der Waals surface area contributed by atoms with Crippen LogP contribution >= 0.6 is 15.9 Å². The number of rotatable bonds is 4. The van der Waals surface area contributed by atoms with Crippen molar-refractivity contribution in [1.82, 2.24) is 4.90 Å². The fraction of sp³-hybridized carbons (Fsp3) is 0.938. The van der Waals surface area contributed by atoms with Crippen LogP contribution in [0.5, 0.6) is 0 Å². The molecule has 1 atom stereocenters. The first kappa shape index (κ1) is 13.9. The van der Waals surface area contributed by atoms with Gasteiger partial charge < -0.3 is 4.90 Å². The van der Waals surface area contributed by atoms with Crippen molar-refractivity contribution >= 4 is 21.8 Å². The van der Waals surface area contributed by atoms with Gasteiger partial charge in [0.15, 0.2) is 0 Å². The third kappa shape index (κ3) is 2.86. The summed E-state index contributed by atoms with van der Waals surface area (Å²) in [7, 11) is 1.96. The minimum absolute atomic E-state index is 0.369. The maximum Gasteiger partial charge on any atom is 0.222 e. The molecular weight excluding hydrogens is 302 g/mol. The minimum atomic E-state index is 0.369. The van der Waals surface area contributed by atoms with E-state index in [1.807, 2.05) is 11.9 Å². The van der Waals surface area contributed by atoms with Gasteiger partial charge in [0.2, 0.25) is 5.91 Å². The maximum absolute atomic E-state index is 12.5. The van der Waals surface area contributed by atoms with Crippen molar-refractivity contribution in [2.45, 2.75) is 56.7 Å². The van der Waals surface area contributed by atoms with E-state index < -0.39 is 0 Å². The van der Waals surface area contributed by atoms with Crippen molar-refractivity contribution < 1.29 is 4.79 Å². The Hall–Kier alpha value is -0.0500. The first-order valence-corrected chi connectivity index (χ1v) is 8.75. The molecule has 108 valence electrons. The molecule has 3 heteroatoms. The van der Waals surface area contributed by atoms with Gasteiger partial charge in [0.25, 0.3) is 0 Å². The third-order valence-electron chi connectivity index (χ3n) is 5.64. The Balaban J connectivity index is 1.64. The molecule has 4 bridgehead atoms. The second kappa shape index (κ2) is 5.05. The van der Waals surface area contributed by atoms with Crippen LogP contribution < -0.4 is 0 Å². The molecular formula is C16H26BrNO. The summed E-state index contributed by atoms with van der Waals surface area (Å²) in [5, 5.41) is 0. The van der Waals surface area contributed by atoms with Crippen molar-refractivity contribution in [1.29, 1.82) is 0 Å². The predicted octanol–water partition coefficient (Wildman–Crippen LogP) is 3.83. The van der Waals surface area contributed by atoms with E-state index in [0.29, 0.717) is 16.1 Å². The number of nitrogens with zero attached hydrogens (tertiary/aromatic N) is 1. The lowest BCUT2D eigenvalue weighted by Crippen LogP contribution is -2.48. The summed E-state index contributed by atoms with van der Waals surface area (Å²) in [5.41, 5.74) is 0.385. The van der Waals surface area contributed by atoms with E-state index in [0.717, 1.165) is 30.7 Å². The number of hydrogen-bond acceptors (Lipinski definition) is 1. The van der Waals surface area contributed by atoms with Crippen LogP contribution in [0.1, 0.15) is 51.9 Å². The number of carbonyl (C=O) groups is 1. The lowest BCUT2D eigenvalue weighted by atomic mass is 9.49. The van der Waals surface area contributed by atoms with Crippen molar-refractivity contribution in [2.24, 2.45) is 23.2 Å². The SMILES string of the molecule is CC(Br)CN(C)C(=O)CC12CC3CC(CC(C3)C1)C2. The molecule has 1 amide bonds. The predicted molar refractivity (Wildman–Crippen MR) is 81.2 cm³/mol. The van der Waals surface area contributed by atoms with Gasteiger partial charge in [-0.15, -0.1) is 0 Å². The molecule has 0 radical (unpaired) electrons. The topological polar surface area (TPSA) is 20.3 Å². The van der Waals surface area contributed by atoms with Gasteiger partial charge in [-0.2, -0.15) is 0 Å². The lowest BCUT2D eigenvalue weighted by molar-refractivity contribution is -0.138. The smallest absolute Gasteiger partial charge is 0.222 e. The van der Waals surface area contributed by atoms with E-state index in [-0.39, 0.29) is 0 Å². The summed E-state index contributed by atoms with van der Waals surface area (Å²) in [5.74, 6) is 3.20. The van der Waals surface area contributed by atoms with E-state index >= 15 is 0 Å². The second-order valence-corrected chi connectivity index (χ2v) is 9.21. The highest BCUT2D eigenvalue weighted by molar-refractivity contribution is 9.09. The first-order valence-electron chi connectivity index (χ1n) is 7.84. The zero-order valence-corrected chi connectivity index (χ0v) is 13.8. The van der Waals surface area contributed by atoms with E-state index in [1.165, 1.54) is 38.5 Å². The molecule has 0 spiro atoms.